The normalized spacial score (nSPS) is 31.6. The van der Waals surface area contributed by atoms with E-state index in [-0.39, 0.29) is 17.5 Å². The number of Topliss-reactive ketones (excluding diaryl/α,β-unsaturated/α-hetero) is 2. The van der Waals surface area contributed by atoms with Crippen molar-refractivity contribution in [2.24, 2.45) is 11.3 Å². The van der Waals surface area contributed by atoms with Crippen LogP contribution in [0.3, 0.4) is 0 Å². The summed E-state index contributed by atoms with van der Waals surface area (Å²) in [5.74, 6) is 0.211. The second kappa shape index (κ2) is 2.91. The predicted octanol–water partition coefficient (Wildman–Crippen LogP) is 2.06. The summed E-state index contributed by atoms with van der Waals surface area (Å²) in [6.45, 7) is 3.51. The second-order valence-electron chi connectivity index (χ2n) is 4.38. The summed E-state index contributed by atoms with van der Waals surface area (Å²) < 4.78 is 0. The van der Waals surface area contributed by atoms with Crippen molar-refractivity contribution < 1.29 is 9.59 Å². The van der Waals surface area contributed by atoms with E-state index < -0.39 is 5.41 Å². The fourth-order valence-corrected chi connectivity index (χ4v) is 1.91. The fraction of sp³-hybridized carbons (Fsp3) is 0.500. The van der Waals surface area contributed by atoms with E-state index in [9.17, 15) is 9.59 Å². The molecule has 1 saturated carbocycles. The molecule has 2 heteroatoms. The average molecular weight is 190 g/mol. The van der Waals surface area contributed by atoms with E-state index in [0.717, 1.165) is 12.8 Å². The minimum absolute atomic E-state index is 0.0306. The van der Waals surface area contributed by atoms with Crippen LogP contribution in [0.25, 0.3) is 0 Å². The Morgan fingerprint density at radius 3 is 2.71 bits per heavy atom. The summed E-state index contributed by atoms with van der Waals surface area (Å²) in [6, 6.07) is 0. The molecular weight excluding hydrogens is 176 g/mol. The fourth-order valence-electron chi connectivity index (χ4n) is 1.91. The maximum atomic E-state index is 11.9. The molecule has 2 aliphatic rings. The third-order valence-corrected chi connectivity index (χ3v) is 3.07. The van der Waals surface area contributed by atoms with Gasteiger partial charge in [-0.3, -0.25) is 9.59 Å². The lowest BCUT2D eigenvalue weighted by Crippen LogP contribution is -2.37. The molecule has 0 amide bonds. The maximum Gasteiger partial charge on any atom is 0.175 e. The molecule has 2 nitrogen and oxygen atoms in total. The van der Waals surface area contributed by atoms with Crippen LogP contribution in [0.1, 0.15) is 26.7 Å². The van der Waals surface area contributed by atoms with Gasteiger partial charge in [-0.2, -0.15) is 0 Å². The minimum Gasteiger partial charge on any atom is -0.298 e. The van der Waals surface area contributed by atoms with Crippen molar-refractivity contribution in [3.8, 4) is 0 Å². The molecule has 0 aliphatic heterocycles. The smallest absolute Gasteiger partial charge is 0.175 e. The van der Waals surface area contributed by atoms with Crippen molar-refractivity contribution in [3.05, 3.63) is 23.8 Å². The van der Waals surface area contributed by atoms with Gasteiger partial charge in [0.15, 0.2) is 11.6 Å². The van der Waals surface area contributed by atoms with Crippen molar-refractivity contribution in [2.75, 3.05) is 0 Å². The molecule has 1 unspecified atom stereocenters. The van der Waals surface area contributed by atoms with Gasteiger partial charge in [-0.25, -0.2) is 0 Å². The highest BCUT2D eigenvalue weighted by molar-refractivity contribution is 6.17. The third-order valence-electron chi connectivity index (χ3n) is 3.07. The van der Waals surface area contributed by atoms with Gasteiger partial charge in [-0.15, -0.1) is 0 Å². The molecule has 0 aromatic heterocycles. The lowest BCUT2D eigenvalue weighted by Gasteiger charge is -2.25. The first-order valence-corrected chi connectivity index (χ1v) is 5.01. The Kier molecular flexibility index (Phi) is 1.95. The highest BCUT2D eigenvalue weighted by atomic mass is 16.2. The van der Waals surface area contributed by atoms with Crippen LogP contribution in [-0.4, -0.2) is 11.6 Å². The minimum atomic E-state index is -0.875. The van der Waals surface area contributed by atoms with Gasteiger partial charge in [-0.05, 0) is 32.3 Å². The molecule has 0 saturated heterocycles. The molecule has 0 spiro atoms. The van der Waals surface area contributed by atoms with Crippen molar-refractivity contribution in [2.45, 2.75) is 26.7 Å². The molecule has 2 aliphatic carbocycles. The Morgan fingerprint density at radius 2 is 2.14 bits per heavy atom. The number of carbonyl (C=O) groups is 2. The van der Waals surface area contributed by atoms with Crippen LogP contribution < -0.4 is 0 Å². The second-order valence-corrected chi connectivity index (χ2v) is 4.38. The van der Waals surface area contributed by atoms with Gasteiger partial charge in [0.1, 0.15) is 5.41 Å². The van der Waals surface area contributed by atoms with Gasteiger partial charge in [0.05, 0.1) is 0 Å². The zero-order chi connectivity index (χ0) is 10.3. The Hall–Kier alpha value is -1.18. The molecule has 14 heavy (non-hydrogen) atoms. The van der Waals surface area contributed by atoms with Crippen LogP contribution in [0, 0.1) is 11.3 Å². The topological polar surface area (TPSA) is 34.1 Å². The van der Waals surface area contributed by atoms with Crippen LogP contribution in [0.5, 0.6) is 0 Å². The van der Waals surface area contributed by atoms with Gasteiger partial charge in [0, 0.05) is 5.92 Å². The Balaban J connectivity index is 2.31. The van der Waals surface area contributed by atoms with E-state index in [1.165, 1.54) is 0 Å². The predicted molar refractivity (Wildman–Crippen MR) is 53.7 cm³/mol. The van der Waals surface area contributed by atoms with E-state index in [0.29, 0.717) is 5.57 Å². The molecule has 2 rings (SSSR count). The summed E-state index contributed by atoms with van der Waals surface area (Å²) >= 11 is 0. The zero-order valence-electron chi connectivity index (χ0n) is 8.54. The van der Waals surface area contributed by atoms with Crippen molar-refractivity contribution >= 4 is 11.6 Å². The Labute approximate surface area is 83.7 Å². The average Bonchev–Trinajstić information content (AvgIpc) is 2.96. The Bertz CT molecular complexity index is 359. The lowest BCUT2D eigenvalue weighted by atomic mass is 9.74. The molecule has 0 N–H and O–H groups in total. The molecule has 0 bridgehead atoms. The number of ketones is 2. The molecular formula is C12H14O2. The van der Waals surface area contributed by atoms with Crippen LogP contribution in [0.2, 0.25) is 0 Å². The zero-order valence-corrected chi connectivity index (χ0v) is 8.54. The summed E-state index contributed by atoms with van der Waals surface area (Å²) in [7, 11) is 0. The molecule has 0 aromatic rings. The largest absolute Gasteiger partial charge is 0.298 e. The van der Waals surface area contributed by atoms with Crippen LogP contribution in [0.4, 0.5) is 0 Å². The van der Waals surface area contributed by atoms with Gasteiger partial charge in [-0.1, -0.05) is 18.2 Å². The highest BCUT2D eigenvalue weighted by Gasteiger charge is 2.46. The lowest BCUT2D eigenvalue weighted by molar-refractivity contribution is -0.135. The van der Waals surface area contributed by atoms with E-state index in [1.54, 1.807) is 26.0 Å². The first-order chi connectivity index (χ1) is 6.55. The number of hydrogen-bond donors (Lipinski definition) is 0. The van der Waals surface area contributed by atoms with E-state index >= 15 is 0 Å². The monoisotopic (exact) mass is 190 g/mol. The number of rotatable bonds is 2. The highest BCUT2D eigenvalue weighted by Crippen LogP contribution is 2.40. The van der Waals surface area contributed by atoms with E-state index in [2.05, 4.69) is 0 Å². The van der Waals surface area contributed by atoms with Crippen LogP contribution in [0.15, 0.2) is 23.8 Å². The van der Waals surface area contributed by atoms with Crippen molar-refractivity contribution in [1.29, 1.82) is 0 Å². The molecule has 1 fully saturated rings. The van der Waals surface area contributed by atoms with Gasteiger partial charge in [0.25, 0.3) is 0 Å². The molecule has 0 heterocycles. The third kappa shape index (κ3) is 1.26. The van der Waals surface area contributed by atoms with E-state index in [4.69, 9.17) is 0 Å². The molecule has 1 atom stereocenters. The molecule has 74 valence electrons. The van der Waals surface area contributed by atoms with Crippen molar-refractivity contribution in [3.63, 3.8) is 0 Å². The maximum absolute atomic E-state index is 11.9. The molecule has 0 radical (unpaired) electrons. The van der Waals surface area contributed by atoms with Gasteiger partial charge < -0.3 is 0 Å². The van der Waals surface area contributed by atoms with Crippen LogP contribution in [-0.2, 0) is 9.59 Å². The standard InChI is InChI=1S/C12H14O2/c1-8-4-3-7-12(2,10(8)13)11(14)9-5-6-9/h3-4,7,9H,5-6H2,1-2H3. The summed E-state index contributed by atoms with van der Waals surface area (Å²) in [6.07, 6.45) is 7.24. The van der Waals surface area contributed by atoms with Gasteiger partial charge in [0.2, 0.25) is 0 Å². The Morgan fingerprint density at radius 1 is 1.50 bits per heavy atom. The molecule has 0 aromatic carbocycles. The summed E-state index contributed by atoms with van der Waals surface area (Å²) in [5, 5.41) is 0. The SMILES string of the molecule is CC1=CC=CC(C)(C(=O)C2CC2)C1=O. The quantitative estimate of drug-likeness (QED) is 0.624. The first kappa shape index (κ1) is 9.38. The first-order valence-electron chi connectivity index (χ1n) is 5.01. The number of carbonyl (C=O) groups excluding carboxylic acids is 2. The van der Waals surface area contributed by atoms with Crippen LogP contribution >= 0.6 is 0 Å². The van der Waals surface area contributed by atoms with Gasteiger partial charge >= 0.3 is 0 Å². The summed E-state index contributed by atoms with van der Waals surface area (Å²) in [5.41, 5.74) is -0.191. The van der Waals surface area contributed by atoms with Crippen molar-refractivity contribution in [1.82, 2.24) is 0 Å². The van der Waals surface area contributed by atoms with E-state index in [1.807, 2.05) is 6.08 Å². The summed E-state index contributed by atoms with van der Waals surface area (Å²) in [4.78, 5) is 23.8. The number of allylic oxidation sites excluding steroid dienone is 4. The number of hydrogen-bond acceptors (Lipinski definition) is 2.